The van der Waals surface area contributed by atoms with Crippen molar-refractivity contribution in [2.45, 2.75) is 65.5 Å². The van der Waals surface area contributed by atoms with Crippen LogP contribution in [0.5, 0.6) is 0 Å². The van der Waals surface area contributed by atoms with Crippen LogP contribution in [-0.4, -0.2) is 26.7 Å². The molecule has 3 aromatic rings. The summed E-state index contributed by atoms with van der Waals surface area (Å²) >= 11 is 0. The topological polar surface area (TPSA) is 68.1 Å². The van der Waals surface area contributed by atoms with Crippen LogP contribution < -0.4 is 4.90 Å². The summed E-state index contributed by atoms with van der Waals surface area (Å²) in [7, 11) is 0. The van der Waals surface area contributed by atoms with E-state index in [9.17, 15) is 9.59 Å². The van der Waals surface area contributed by atoms with Gasteiger partial charge in [-0.2, -0.15) is 0 Å². The quantitative estimate of drug-likeness (QED) is 0.479. The third-order valence-electron chi connectivity index (χ3n) is 6.05. The molecule has 1 aliphatic rings. The molecule has 6 heteroatoms. The zero-order valence-corrected chi connectivity index (χ0v) is 18.9. The molecular weight excluding hydrogens is 400 g/mol. The fraction of sp³-hybridized carbons (Fsp3) is 0.385. The molecule has 0 atom stereocenters. The number of benzene rings is 2. The summed E-state index contributed by atoms with van der Waals surface area (Å²) in [5, 5.41) is 9.04. The van der Waals surface area contributed by atoms with Gasteiger partial charge in [0.25, 0.3) is 0 Å². The highest BCUT2D eigenvalue weighted by Crippen LogP contribution is 2.41. The van der Waals surface area contributed by atoms with Crippen LogP contribution in [0.15, 0.2) is 48.5 Å². The van der Waals surface area contributed by atoms with E-state index in [1.807, 2.05) is 52.9 Å². The van der Waals surface area contributed by atoms with Crippen LogP contribution in [0.25, 0.3) is 22.5 Å². The van der Waals surface area contributed by atoms with Gasteiger partial charge >= 0.3 is 0 Å². The second kappa shape index (κ2) is 9.90. The molecule has 0 N–H and O–H groups in total. The molecule has 0 fully saturated rings. The Bertz CT molecular complexity index is 1120. The van der Waals surface area contributed by atoms with Crippen molar-refractivity contribution in [3.8, 4) is 22.5 Å². The molecule has 2 heterocycles. The number of Topliss-reactive ketones (excluding diaryl/α,β-unsaturated/α-hetero) is 1. The molecule has 1 aliphatic heterocycles. The first-order valence-electron chi connectivity index (χ1n) is 11.6. The van der Waals surface area contributed by atoms with Crippen LogP contribution in [0.3, 0.4) is 0 Å². The van der Waals surface area contributed by atoms with Crippen molar-refractivity contribution in [3.63, 3.8) is 0 Å². The highest BCUT2D eigenvalue weighted by atomic mass is 16.2. The lowest BCUT2D eigenvalue weighted by molar-refractivity contribution is -0.119. The van der Waals surface area contributed by atoms with Crippen molar-refractivity contribution in [1.82, 2.24) is 15.0 Å². The molecule has 0 radical (unpaired) electrons. The zero-order chi connectivity index (χ0) is 22.5. The predicted molar refractivity (Wildman–Crippen MR) is 126 cm³/mol. The van der Waals surface area contributed by atoms with Gasteiger partial charge in [-0.15, -0.1) is 5.10 Å². The average molecular weight is 431 g/mol. The van der Waals surface area contributed by atoms with Crippen LogP contribution in [0.4, 0.5) is 5.69 Å². The summed E-state index contributed by atoms with van der Waals surface area (Å²) in [6.07, 6.45) is 4.22. The third kappa shape index (κ3) is 4.35. The Morgan fingerprint density at radius 1 is 0.938 bits per heavy atom. The summed E-state index contributed by atoms with van der Waals surface area (Å²) in [6.45, 7) is 5.13. The van der Waals surface area contributed by atoms with Gasteiger partial charge in [0.2, 0.25) is 5.91 Å². The molecule has 2 aromatic carbocycles. The predicted octanol–water partition coefficient (Wildman–Crippen LogP) is 5.41. The van der Waals surface area contributed by atoms with Gasteiger partial charge in [0.1, 0.15) is 11.5 Å². The van der Waals surface area contributed by atoms with Crippen molar-refractivity contribution in [3.05, 3.63) is 54.1 Å². The summed E-state index contributed by atoms with van der Waals surface area (Å²) < 4.78 is 1.92. The number of aryl methyl sites for hydroxylation is 1. The molecule has 0 saturated heterocycles. The van der Waals surface area contributed by atoms with Gasteiger partial charge in [-0.1, -0.05) is 67.9 Å². The van der Waals surface area contributed by atoms with E-state index in [0.29, 0.717) is 32.4 Å². The molecule has 6 nitrogen and oxygen atoms in total. The van der Waals surface area contributed by atoms with Crippen molar-refractivity contribution >= 4 is 17.4 Å². The molecule has 0 unspecified atom stereocenters. The van der Waals surface area contributed by atoms with Crippen LogP contribution >= 0.6 is 0 Å². The Morgan fingerprint density at radius 3 is 2.47 bits per heavy atom. The maximum atomic E-state index is 13.2. The molecule has 32 heavy (non-hydrogen) atoms. The van der Waals surface area contributed by atoms with Gasteiger partial charge < -0.3 is 4.90 Å². The second-order valence-corrected chi connectivity index (χ2v) is 8.26. The first-order valence-corrected chi connectivity index (χ1v) is 11.6. The molecule has 1 aromatic heterocycles. The molecule has 0 saturated carbocycles. The SMILES string of the molecule is CCCCC(=O)N1Cc2ccccc2-c2c(nnn2CCCC(=O)CC)-c2ccccc21. The molecule has 4 rings (SSSR count). The van der Waals surface area contributed by atoms with E-state index in [2.05, 4.69) is 29.4 Å². The van der Waals surface area contributed by atoms with Crippen LogP contribution in [0.1, 0.15) is 57.9 Å². The highest BCUT2D eigenvalue weighted by Gasteiger charge is 2.28. The molecule has 0 bridgehead atoms. The second-order valence-electron chi connectivity index (χ2n) is 8.26. The lowest BCUT2D eigenvalue weighted by Crippen LogP contribution is -2.31. The number of aromatic nitrogens is 3. The van der Waals surface area contributed by atoms with E-state index < -0.39 is 0 Å². The summed E-state index contributed by atoms with van der Waals surface area (Å²) in [5.74, 6) is 0.392. The Hall–Kier alpha value is -3.28. The zero-order valence-electron chi connectivity index (χ0n) is 18.9. The van der Waals surface area contributed by atoms with Gasteiger partial charge in [-0.05, 0) is 24.5 Å². The normalized spacial score (nSPS) is 12.4. The minimum absolute atomic E-state index is 0.128. The van der Waals surface area contributed by atoms with Gasteiger partial charge in [0, 0.05) is 36.9 Å². The minimum Gasteiger partial charge on any atom is -0.307 e. The lowest BCUT2D eigenvalue weighted by Gasteiger charge is -2.28. The minimum atomic E-state index is 0.128. The van der Waals surface area contributed by atoms with Crippen LogP contribution in [-0.2, 0) is 22.7 Å². The largest absolute Gasteiger partial charge is 0.307 e. The van der Waals surface area contributed by atoms with Gasteiger partial charge in [0.15, 0.2) is 0 Å². The van der Waals surface area contributed by atoms with E-state index in [1.165, 1.54) is 0 Å². The number of carbonyl (C=O) groups excluding carboxylic acids is 2. The standard InChI is InChI=1S/C26H30N4O2/c1-3-5-16-24(32)29-18-19-11-6-7-13-21(19)26-25(22-14-8-9-15-23(22)29)27-28-30(26)17-10-12-20(31)4-2/h6-9,11,13-15H,3-5,10,12,16-18H2,1-2H3. The maximum absolute atomic E-state index is 13.2. The number of para-hydroxylation sites is 1. The number of hydrogen-bond donors (Lipinski definition) is 0. The number of ketones is 1. The Labute approximate surface area is 189 Å². The molecule has 166 valence electrons. The smallest absolute Gasteiger partial charge is 0.227 e. The number of anilines is 1. The number of fused-ring (bicyclic) bond motifs is 5. The Balaban J connectivity index is 1.81. The van der Waals surface area contributed by atoms with E-state index in [0.717, 1.165) is 53.0 Å². The molecule has 1 amide bonds. The van der Waals surface area contributed by atoms with Crippen molar-refractivity contribution in [2.24, 2.45) is 0 Å². The molecular formula is C26H30N4O2. The third-order valence-corrected chi connectivity index (χ3v) is 6.05. The summed E-state index contributed by atoms with van der Waals surface area (Å²) in [5.41, 5.74) is 5.63. The number of nitrogens with zero attached hydrogens (tertiary/aromatic N) is 4. The van der Waals surface area contributed by atoms with E-state index in [1.54, 1.807) is 0 Å². The fourth-order valence-electron chi connectivity index (χ4n) is 4.26. The maximum Gasteiger partial charge on any atom is 0.227 e. The summed E-state index contributed by atoms with van der Waals surface area (Å²) in [4.78, 5) is 26.9. The number of amides is 1. The van der Waals surface area contributed by atoms with Crippen molar-refractivity contribution < 1.29 is 9.59 Å². The first kappa shape index (κ1) is 21.9. The van der Waals surface area contributed by atoms with Crippen LogP contribution in [0, 0.1) is 0 Å². The summed E-state index contributed by atoms with van der Waals surface area (Å²) in [6, 6.07) is 16.1. The van der Waals surface area contributed by atoms with Crippen molar-refractivity contribution in [2.75, 3.05) is 4.90 Å². The monoisotopic (exact) mass is 430 g/mol. The fourth-order valence-corrected chi connectivity index (χ4v) is 4.26. The molecule has 0 spiro atoms. The van der Waals surface area contributed by atoms with Gasteiger partial charge in [-0.25, -0.2) is 4.68 Å². The van der Waals surface area contributed by atoms with Crippen molar-refractivity contribution in [1.29, 1.82) is 0 Å². The van der Waals surface area contributed by atoms with Gasteiger partial charge in [0.05, 0.1) is 17.9 Å². The van der Waals surface area contributed by atoms with E-state index in [4.69, 9.17) is 0 Å². The lowest BCUT2D eigenvalue weighted by atomic mass is 9.95. The number of rotatable bonds is 8. The number of hydrogen-bond acceptors (Lipinski definition) is 4. The highest BCUT2D eigenvalue weighted by molar-refractivity contribution is 6.00. The van der Waals surface area contributed by atoms with Gasteiger partial charge in [-0.3, -0.25) is 9.59 Å². The van der Waals surface area contributed by atoms with Crippen LogP contribution in [0.2, 0.25) is 0 Å². The number of unbranched alkanes of at least 4 members (excludes halogenated alkanes) is 1. The average Bonchev–Trinajstić information content (AvgIpc) is 3.23. The Kier molecular flexibility index (Phi) is 6.78. The van der Waals surface area contributed by atoms with E-state index >= 15 is 0 Å². The molecule has 0 aliphatic carbocycles. The first-order chi connectivity index (χ1) is 15.6. The number of carbonyl (C=O) groups is 2. The van der Waals surface area contributed by atoms with E-state index in [-0.39, 0.29) is 11.7 Å². The Morgan fingerprint density at radius 2 is 1.69 bits per heavy atom.